The van der Waals surface area contributed by atoms with Gasteiger partial charge in [-0.15, -0.1) is 0 Å². The van der Waals surface area contributed by atoms with Gasteiger partial charge in [0.05, 0.1) is 6.61 Å². The van der Waals surface area contributed by atoms with Crippen LogP contribution in [0.2, 0.25) is 0 Å². The highest BCUT2D eigenvalue weighted by atomic mass is 32.1. The molecule has 0 aromatic heterocycles. The number of anilines is 1. The number of carbonyl (C=O) groups is 1. The number of methoxy groups -OCH3 is 1. The summed E-state index contributed by atoms with van der Waals surface area (Å²) in [5.74, 6) is 0.397. The number of benzene rings is 2. The highest BCUT2D eigenvalue weighted by molar-refractivity contribution is 7.80. The maximum Gasteiger partial charge on any atom is 0.250 e. The highest BCUT2D eigenvalue weighted by Gasteiger charge is 2.03. The van der Waals surface area contributed by atoms with Crippen LogP contribution in [0, 0.1) is 0 Å². The highest BCUT2D eigenvalue weighted by Crippen LogP contribution is 2.17. The number of hydrogen-bond acceptors (Lipinski definition) is 4. The third-order valence-corrected chi connectivity index (χ3v) is 3.32. The minimum absolute atomic E-state index is 0.219. The number of nitrogens with one attached hydrogen (secondary N) is 2. The molecule has 0 atom stereocenters. The largest absolute Gasteiger partial charge is 0.491 e. The van der Waals surface area contributed by atoms with Crippen molar-refractivity contribution in [3.63, 3.8) is 0 Å². The van der Waals surface area contributed by atoms with E-state index in [-0.39, 0.29) is 11.0 Å². The fraction of sp³-hybridized carbons (Fsp3) is 0.158. The van der Waals surface area contributed by atoms with E-state index in [1.165, 1.54) is 6.08 Å². The first-order valence-electron chi connectivity index (χ1n) is 7.74. The van der Waals surface area contributed by atoms with Crippen LogP contribution in [0.25, 0.3) is 6.08 Å². The average molecular weight is 356 g/mol. The average Bonchev–Trinajstić information content (AvgIpc) is 2.61. The van der Waals surface area contributed by atoms with Gasteiger partial charge in [0, 0.05) is 24.9 Å². The summed E-state index contributed by atoms with van der Waals surface area (Å²) in [6, 6.07) is 16.9. The molecule has 1 amide bonds. The van der Waals surface area contributed by atoms with Gasteiger partial charge in [0.25, 0.3) is 0 Å². The zero-order valence-electron chi connectivity index (χ0n) is 13.9. The second-order valence-corrected chi connectivity index (χ2v) is 5.46. The molecule has 0 aliphatic heterocycles. The van der Waals surface area contributed by atoms with Crippen LogP contribution in [0.3, 0.4) is 0 Å². The van der Waals surface area contributed by atoms with Gasteiger partial charge in [-0.2, -0.15) is 0 Å². The van der Waals surface area contributed by atoms with Crippen molar-refractivity contribution in [2.45, 2.75) is 0 Å². The predicted octanol–water partition coefficient (Wildman–Crippen LogP) is 3.24. The van der Waals surface area contributed by atoms with Crippen LogP contribution in [0.5, 0.6) is 5.75 Å². The van der Waals surface area contributed by atoms with Crippen LogP contribution in [0.15, 0.2) is 60.7 Å². The Morgan fingerprint density at radius 2 is 1.92 bits per heavy atom. The molecule has 0 fully saturated rings. The van der Waals surface area contributed by atoms with E-state index in [0.29, 0.717) is 19.0 Å². The molecule has 2 N–H and O–H groups in total. The smallest absolute Gasteiger partial charge is 0.250 e. The van der Waals surface area contributed by atoms with E-state index in [2.05, 4.69) is 10.6 Å². The standard InChI is InChI=1S/C19H20N2O3S/c1-23-12-13-24-17-9-5-8-16(14-17)20-19(25)21-18(22)11-10-15-6-3-2-4-7-15/h2-11,14H,12-13H2,1H3,(H2,20,21,22,25)/b11-10+. The Hall–Kier alpha value is -2.70. The molecular weight excluding hydrogens is 336 g/mol. The van der Waals surface area contributed by atoms with Gasteiger partial charge in [0.2, 0.25) is 5.91 Å². The minimum Gasteiger partial charge on any atom is -0.491 e. The summed E-state index contributed by atoms with van der Waals surface area (Å²) < 4.78 is 10.5. The molecule has 0 heterocycles. The number of carbonyl (C=O) groups excluding carboxylic acids is 1. The fourth-order valence-electron chi connectivity index (χ4n) is 1.96. The molecule has 25 heavy (non-hydrogen) atoms. The summed E-state index contributed by atoms with van der Waals surface area (Å²) in [7, 11) is 1.62. The van der Waals surface area contributed by atoms with Crippen LogP contribution in [-0.4, -0.2) is 31.3 Å². The first-order valence-corrected chi connectivity index (χ1v) is 8.15. The normalized spacial score (nSPS) is 10.4. The van der Waals surface area contributed by atoms with E-state index in [9.17, 15) is 4.79 Å². The molecule has 0 unspecified atom stereocenters. The Bertz CT molecular complexity index is 732. The molecule has 0 saturated carbocycles. The summed E-state index contributed by atoms with van der Waals surface area (Å²) in [6.45, 7) is 0.977. The molecule has 130 valence electrons. The van der Waals surface area contributed by atoms with Crippen LogP contribution >= 0.6 is 12.2 Å². The van der Waals surface area contributed by atoms with Crippen molar-refractivity contribution in [3.05, 3.63) is 66.2 Å². The van der Waals surface area contributed by atoms with Crippen molar-refractivity contribution in [1.29, 1.82) is 0 Å². The summed E-state index contributed by atoms with van der Waals surface area (Å²) in [6.07, 6.45) is 3.16. The summed E-state index contributed by atoms with van der Waals surface area (Å²) >= 11 is 5.15. The van der Waals surface area contributed by atoms with E-state index >= 15 is 0 Å². The van der Waals surface area contributed by atoms with E-state index in [1.807, 2.05) is 48.5 Å². The van der Waals surface area contributed by atoms with E-state index in [1.54, 1.807) is 19.3 Å². The van der Waals surface area contributed by atoms with Gasteiger partial charge in [-0.3, -0.25) is 10.1 Å². The van der Waals surface area contributed by atoms with Gasteiger partial charge in [-0.25, -0.2) is 0 Å². The monoisotopic (exact) mass is 356 g/mol. The van der Waals surface area contributed by atoms with Gasteiger partial charge in [0.1, 0.15) is 12.4 Å². The summed E-state index contributed by atoms with van der Waals surface area (Å²) in [4.78, 5) is 11.9. The zero-order chi connectivity index (χ0) is 17.9. The Kier molecular flexibility index (Phi) is 7.62. The van der Waals surface area contributed by atoms with Gasteiger partial charge in [-0.1, -0.05) is 36.4 Å². The molecule has 6 heteroatoms. The van der Waals surface area contributed by atoms with Crippen molar-refractivity contribution >= 4 is 35.0 Å². The van der Waals surface area contributed by atoms with E-state index in [0.717, 1.165) is 11.3 Å². The second kappa shape index (κ2) is 10.2. The number of ether oxygens (including phenoxy) is 2. The number of amides is 1. The summed E-state index contributed by atoms with van der Waals surface area (Å²) in [5, 5.41) is 5.78. The third-order valence-electron chi connectivity index (χ3n) is 3.11. The maximum atomic E-state index is 11.9. The number of hydrogen-bond donors (Lipinski definition) is 2. The van der Waals surface area contributed by atoms with Crippen LogP contribution in [-0.2, 0) is 9.53 Å². The molecule has 2 aromatic carbocycles. The quantitative estimate of drug-likeness (QED) is 0.453. The van der Waals surface area contributed by atoms with Crippen molar-refractivity contribution < 1.29 is 14.3 Å². The molecular formula is C19H20N2O3S. The predicted molar refractivity (Wildman–Crippen MR) is 104 cm³/mol. The fourth-order valence-corrected chi connectivity index (χ4v) is 2.18. The van der Waals surface area contributed by atoms with Gasteiger partial charge < -0.3 is 14.8 Å². The topological polar surface area (TPSA) is 59.6 Å². The van der Waals surface area contributed by atoms with E-state index < -0.39 is 0 Å². The first-order chi connectivity index (χ1) is 12.2. The Balaban J connectivity index is 1.84. The molecule has 0 saturated heterocycles. The van der Waals surface area contributed by atoms with Gasteiger partial charge >= 0.3 is 0 Å². The maximum absolute atomic E-state index is 11.9. The van der Waals surface area contributed by atoms with Gasteiger partial charge in [0.15, 0.2) is 5.11 Å². The lowest BCUT2D eigenvalue weighted by Gasteiger charge is -2.10. The first kappa shape index (κ1) is 18.6. The minimum atomic E-state index is -0.297. The SMILES string of the molecule is COCCOc1cccc(NC(=S)NC(=O)/C=C/c2ccccc2)c1. The molecule has 0 aliphatic carbocycles. The molecule has 2 aromatic rings. The van der Waals surface area contributed by atoms with Crippen molar-refractivity contribution in [1.82, 2.24) is 5.32 Å². The van der Waals surface area contributed by atoms with Gasteiger partial charge in [-0.05, 0) is 36.0 Å². The van der Waals surface area contributed by atoms with Crippen LogP contribution < -0.4 is 15.4 Å². The Labute approximate surface area is 152 Å². The molecule has 0 aliphatic rings. The Morgan fingerprint density at radius 3 is 2.68 bits per heavy atom. The van der Waals surface area contributed by atoms with Crippen LogP contribution in [0.1, 0.15) is 5.56 Å². The molecule has 0 radical (unpaired) electrons. The third kappa shape index (κ3) is 7.15. The lowest BCUT2D eigenvalue weighted by Crippen LogP contribution is -2.32. The molecule has 5 nitrogen and oxygen atoms in total. The Morgan fingerprint density at radius 1 is 1.12 bits per heavy atom. The van der Waals surface area contributed by atoms with Crippen molar-refractivity contribution in [3.8, 4) is 5.75 Å². The molecule has 0 bridgehead atoms. The summed E-state index contributed by atoms with van der Waals surface area (Å²) in [5.41, 5.74) is 1.67. The lowest BCUT2D eigenvalue weighted by molar-refractivity contribution is -0.115. The number of rotatable bonds is 7. The molecule has 0 spiro atoms. The zero-order valence-corrected chi connectivity index (χ0v) is 14.7. The van der Waals surface area contributed by atoms with Crippen LogP contribution in [0.4, 0.5) is 5.69 Å². The van der Waals surface area contributed by atoms with Crippen molar-refractivity contribution in [2.75, 3.05) is 25.6 Å². The second-order valence-electron chi connectivity index (χ2n) is 5.06. The number of thiocarbonyl (C=S) groups is 1. The molecule has 2 rings (SSSR count). The lowest BCUT2D eigenvalue weighted by atomic mass is 10.2. The van der Waals surface area contributed by atoms with E-state index in [4.69, 9.17) is 21.7 Å². The van der Waals surface area contributed by atoms with Crippen molar-refractivity contribution in [2.24, 2.45) is 0 Å².